The van der Waals surface area contributed by atoms with Gasteiger partial charge >= 0.3 is 0 Å². The van der Waals surface area contributed by atoms with Crippen molar-refractivity contribution < 1.29 is 4.79 Å². The molecule has 116 valence electrons. The van der Waals surface area contributed by atoms with E-state index >= 15 is 0 Å². The Kier molecular flexibility index (Phi) is 4.47. The van der Waals surface area contributed by atoms with Crippen LogP contribution in [0.3, 0.4) is 0 Å². The van der Waals surface area contributed by atoms with Gasteiger partial charge in [0.2, 0.25) is 0 Å². The zero-order chi connectivity index (χ0) is 14.7. The number of hydrogen-bond donors (Lipinski definition) is 2. The normalized spacial score (nSPS) is 23.8. The lowest BCUT2D eigenvalue weighted by Gasteiger charge is -2.23. The van der Waals surface area contributed by atoms with Crippen LogP contribution in [0.15, 0.2) is 6.20 Å². The predicted octanol–water partition coefficient (Wildman–Crippen LogP) is -0.948. The second kappa shape index (κ2) is 6.50. The minimum atomic E-state index is -0.406. The van der Waals surface area contributed by atoms with E-state index in [1.54, 1.807) is 10.9 Å². The van der Waals surface area contributed by atoms with Gasteiger partial charge in [0, 0.05) is 19.1 Å². The van der Waals surface area contributed by atoms with Crippen molar-refractivity contribution in [1.29, 1.82) is 0 Å². The van der Waals surface area contributed by atoms with E-state index < -0.39 is 5.91 Å². The number of rotatable bonds is 5. The maximum Gasteiger partial charge on any atom is 0.287 e. The maximum absolute atomic E-state index is 11.3. The summed E-state index contributed by atoms with van der Waals surface area (Å²) in [7, 11) is 0. The summed E-state index contributed by atoms with van der Waals surface area (Å²) >= 11 is 0. The summed E-state index contributed by atoms with van der Waals surface area (Å²) in [5.74, 6) is 4.67. The van der Waals surface area contributed by atoms with Gasteiger partial charge in [-0.25, -0.2) is 5.84 Å². The molecule has 3 N–H and O–H groups in total. The van der Waals surface area contributed by atoms with Crippen molar-refractivity contribution in [3.05, 3.63) is 11.9 Å². The van der Waals surface area contributed by atoms with Crippen LogP contribution in [0.25, 0.3) is 0 Å². The molecule has 8 heteroatoms. The molecule has 2 aliphatic heterocycles. The third kappa shape index (κ3) is 3.39. The molecule has 8 nitrogen and oxygen atoms in total. The molecule has 2 saturated heterocycles. The monoisotopic (exact) mass is 293 g/mol. The highest BCUT2D eigenvalue weighted by Gasteiger charge is 2.28. The molecule has 2 fully saturated rings. The Hall–Kier alpha value is -1.51. The van der Waals surface area contributed by atoms with Gasteiger partial charge in [0.25, 0.3) is 5.91 Å². The number of hydrogen-bond acceptors (Lipinski definition) is 6. The molecular weight excluding hydrogens is 270 g/mol. The van der Waals surface area contributed by atoms with Crippen LogP contribution in [0, 0.1) is 0 Å². The van der Waals surface area contributed by atoms with E-state index in [-0.39, 0.29) is 5.69 Å². The van der Waals surface area contributed by atoms with Crippen LogP contribution >= 0.6 is 0 Å². The smallest absolute Gasteiger partial charge is 0.287 e. The van der Waals surface area contributed by atoms with Crippen LogP contribution in [0.1, 0.15) is 29.8 Å². The molecule has 1 amide bonds. The van der Waals surface area contributed by atoms with Crippen LogP contribution < -0.4 is 11.3 Å². The molecule has 3 heterocycles. The molecule has 0 spiro atoms. The van der Waals surface area contributed by atoms with Crippen LogP contribution in [0.4, 0.5) is 0 Å². The third-order valence-electron chi connectivity index (χ3n) is 4.45. The molecule has 1 aromatic rings. The predicted molar refractivity (Wildman–Crippen MR) is 77.3 cm³/mol. The Labute approximate surface area is 124 Å². The van der Waals surface area contributed by atoms with Crippen LogP contribution in [0.2, 0.25) is 0 Å². The highest BCUT2D eigenvalue weighted by atomic mass is 16.2. The van der Waals surface area contributed by atoms with E-state index in [1.165, 1.54) is 32.4 Å². The van der Waals surface area contributed by atoms with Crippen LogP contribution in [-0.4, -0.2) is 69.5 Å². The Morgan fingerprint density at radius 3 is 2.90 bits per heavy atom. The van der Waals surface area contributed by atoms with Gasteiger partial charge in [0.1, 0.15) is 0 Å². The Morgan fingerprint density at radius 1 is 1.33 bits per heavy atom. The number of aromatic nitrogens is 3. The molecule has 0 radical (unpaired) electrons. The van der Waals surface area contributed by atoms with Gasteiger partial charge in [-0.05, 0) is 38.9 Å². The van der Waals surface area contributed by atoms with E-state index in [0.717, 1.165) is 32.2 Å². The number of nitrogen functional groups attached to an aromatic ring is 1. The summed E-state index contributed by atoms with van der Waals surface area (Å²) in [6, 6.07) is 0.724. The minimum Gasteiger partial charge on any atom is -0.300 e. The number of nitrogens with one attached hydrogen (secondary N) is 1. The second-order valence-electron chi connectivity index (χ2n) is 5.83. The largest absolute Gasteiger partial charge is 0.300 e. The number of amides is 1. The summed E-state index contributed by atoms with van der Waals surface area (Å²) in [5, 5.41) is 7.76. The van der Waals surface area contributed by atoms with Crippen molar-refractivity contribution >= 4 is 5.91 Å². The number of nitrogens with two attached hydrogens (primary N) is 1. The average Bonchev–Trinajstić information content (AvgIpc) is 3.23. The summed E-state index contributed by atoms with van der Waals surface area (Å²) in [6.45, 7) is 6.50. The summed E-state index contributed by atoms with van der Waals surface area (Å²) < 4.78 is 1.70. The van der Waals surface area contributed by atoms with Crippen molar-refractivity contribution in [2.24, 2.45) is 5.84 Å². The van der Waals surface area contributed by atoms with Gasteiger partial charge in [0.15, 0.2) is 5.69 Å². The Bertz CT molecular complexity index is 483. The van der Waals surface area contributed by atoms with Gasteiger partial charge in [-0.15, -0.1) is 5.10 Å². The van der Waals surface area contributed by atoms with E-state index in [4.69, 9.17) is 5.84 Å². The quantitative estimate of drug-likeness (QED) is 0.413. The molecule has 21 heavy (non-hydrogen) atoms. The summed E-state index contributed by atoms with van der Waals surface area (Å²) in [4.78, 5) is 16.4. The van der Waals surface area contributed by atoms with Gasteiger partial charge < -0.3 is 0 Å². The molecule has 1 aromatic heterocycles. The van der Waals surface area contributed by atoms with Crippen LogP contribution in [0.5, 0.6) is 0 Å². The van der Waals surface area contributed by atoms with Gasteiger partial charge in [0.05, 0.1) is 12.7 Å². The standard InChI is InChI=1S/C13H23N7O/c14-15-13(21)12-10-20(17-16-12)8-7-18-6-3-11(9-18)19-4-1-2-5-19/h10-11H,1-9,14H2,(H,15,21). The first-order valence-corrected chi connectivity index (χ1v) is 7.64. The molecule has 0 bridgehead atoms. The fourth-order valence-electron chi connectivity index (χ4n) is 3.25. The highest BCUT2D eigenvalue weighted by molar-refractivity contribution is 5.91. The molecular formula is C13H23N7O. The van der Waals surface area contributed by atoms with Crippen LogP contribution in [-0.2, 0) is 6.54 Å². The SMILES string of the molecule is NNC(=O)c1cn(CCN2CCC(N3CCCC3)C2)nn1. The first-order valence-electron chi connectivity index (χ1n) is 7.64. The van der Waals surface area contributed by atoms with Gasteiger partial charge in [-0.3, -0.25) is 24.7 Å². The molecule has 2 aliphatic rings. The summed E-state index contributed by atoms with van der Waals surface area (Å²) in [5.41, 5.74) is 2.32. The number of hydrazine groups is 1. The zero-order valence-corrected chi connectivity index (χ0v) is 12.2. The van der Waals surface area contributed by atoms with Crippen molar-refractivity contribution in [3.8, 4) is 0 Å². The highest BCUT2D eigenvalue weighted by Crippen LogP contribution is 2.20. The Morgan fingerprint density at radius 2 is 2.14 bits per heavy atom. The average molecular weight is 293 g/mol. The maximum atomic E-state index is 11.3. The first kappa shape index (κ1) is 14.4. The first-order chi connectivity index (χ1) is 10.3. The van der Waals surface area contributed by atoms with E-state index in [1.807, 2.05) is 0 Å². The minimum absolute atomic E-state index is 0.258. The molecule has 1 atom stereocenters. The fourth-order valence-corrected chi connectivity index (χ4v) is 3.25. The fraction of sp³-hybridized carbons (Fsp3) is 0.769. The molecule has 0 aliphatic carbocycles. The van der Waals surface area contributed by atoms with E-state index in [9.17, 15) is 4.79 Å². The van der Waals surface area contributed by atoms with Crippen molar-refractivity contribution in [1.82, 2.24) is 30.2 Å². The van der Waals surface area contributed by atoms with Crippen molar-refractivity contribution in [3.63, 3.8) is 0 Å². The lowest BCUT2D eigenvalue weighted by Crippen LogP contribution is -2.36. The zero-order valence-electron chi connectivity index (χ0n) is 12.2. The van der Waals surface area contributed by atoms with Gasteiger partial charge in [-0.2, -0.15) is 0 Å². The molecule has 1 unspecified atom stereocenters. The van der Waals surface area contributed by atoms with Gasteiger partial charge in [-0.1, -0.05) is 5.21 Å². The summed E-state index contributed by atoms with van der Waals surface area (Å²) in [6.07, 6.45) is 5.59. The lowest BCUT2D eigenvalue weighted by atomic mass is 10.2. The number of carbonyl (C=O) groups excluding carboxylic acids is 1. The van der Waals surface area contributed by atoms with Crippen molar-refractivity contribution in [2.45, 2.75) is 31.8 Å². The third-order valence-corrected chi connectivity index (χ3v) is 4.45. The molecule has 0 aromatic carbocycles. The molecule has 3 rings (SSSR count). The van der Waals surface area contributed by atoms with E-state index in [2.05, 4.69) is 25.5 Å². The number of carbonyl (C=O) groups is 1. The topological polar surface area (TPSA) is 92.3 Å². The number of likely N-dealkylation sites (tertiary alicyclic amines) is 2. The van der Waals surface area contributed by atoms with Crippen molar-refractivity contribution in [2.75, 3.05) is 32.7 Å². The second-order valence-corrected chi connectivity index (χ2v) is 5.83. The number of nitrogens with zero attached hydrogens (tertiary/aromatic N) is 5. The molecule has 0 saturated carbocycles. The van der Waals surface area contributed by atoms with E-state index in [0.29, 0.717) is 0 Å². The lowest BCUT2D eigenvalue weighted by molar-refractivity contribution is 0.0948. The Balaban J connectivity index is 1.45.